The largest absolute Gasteiger partial charge is 0.480 e. The van der Waals surface area contributed by atoms with Crippen molar-refractivity contribution in [2.24, 2.45) is 0 Å². The molecule has 1 saturated heterocycles. The van der Waals surface area contributed by atoms with Crippen LogP contribution in [0, 0.1) is 0 Å². The second-order valence-corrected chi connectivity index (χ2v) is 8.24. The van der Waals surface area contributed by atoms with Crippen molar-refractivity contribution in [1.82, 2.24) is 14.5 Å². The molecule has 2 N–H and O–H groups in total. The summed E-state index contributed by atoms with van der Waals surface area (Å²) in [5.41, 5.74) is 1.19. The molecule has 2 atom stereocenters. The fourth-order valence-corrected chi connectivity index (χ4v) is 4.44. The summed E-state index contributed by atoms with van der Waals surface area (Å²) in [4.78, 5) is 33.3. The van der Waals surface area contributed by atoms with E-state index in [1.165, 1.54) is 0 Å². The van der Waals surface area contributed by atoms with E-state index in [1.807, 2.05) is 6.07 Å². The molecular formula is C21H20Cl2N4O5. The van der Waals surface area contributed by atoms with Crippen molar-refractivity contribution >= 4 is 51.9 Å². The Labute approximate surface area is 193 Å². The molecular weight excluding hydrogens is 459 g/mol. The minimum atomic E-state index is -1.05. The Bertz CT molecular complexity index is 1150. The first-order valence-electron chi connectivity index (χ1n) is 9.94. The molecule has 0 spiro atoms. The minimum absolute atomic E-state index is 0.189. The van der Waals surface area contributed by atoms with Crippen molar-refractivity contribution in [1.29, 1.82) is 0 Å². The topological polar surface area (TPSA) is 118 Å². The van der Waals surface area contributed by atoms with E-state index >= 15 is 0 Å². The lowest BCUT2D eigenvalue weighted by molar-refractivity contribution is -0.142. The maximum Gasteiger partial charge on any atom is 0.329 e. The van der Waals surface area contributed by atoms with E-state index in [2.05, 4.69) is 4.98 Å². The van der Waals surface area contributed by atoms with E-state index in [9.17, 15) is 14.7 Å². The summed E-state index contributed by atoms with van der Waals surface area (Å²) in [7, 11) is 0. The zero-order chi connectivity index (χ0) is 22.8. The third-order valence-electron chi connectivity index (χ3n) is 5.49. The molecule has 1 fully saturated rings. The number of ether oxygens (including phenoxy) is 1. The van der Waals surface area contributed by atoms with Gasteiger partial charge >= 0.3 is 11.9 Å². The van der Waals surface area contributed by atoms with Gasteiger partial charge in [-0.3, -0.25) is 0 Å². The lowest BCUT2D eigenvalue weighted by Gasteiger charge is -2.30. The van der Waals surface area contributed by atoms with Gasteiger partial charge in [-0.1, -0.05) is 23.2 Å². The third-order valence-corrected chi connectivity index (χ3v) is 6.29. The molecule has 11 heteroatoms. The molecule has 168 valence electrons. The smallest absolute Gasteiger partial charge is 0.329 e. The second-order valence-electron chi connectivity index (χ2n) is 7.45. The third kappa shape index (κ3) is 4.36. The molecule has 0 saturated carbocycles. The highest BCUT2D eigenvalue weighted by Gasteiger charge is 2.39. The number of benzene rings is 1. The number of aliphatic carboxylic acids is 2. The number of rotatable bonds is 8. The number of carboxylic acid groups (broad SMARTS) is 2. The van der Waals surface area contributed by atoms with E-state index in [1.54, 1.807) is 40.3 Å². The highest BCUT2D eigenvalue weighted by molar-refractivity contribution is 6.45. The molecule has 0 radical (unpaired) electrons. The molecule has 0 amide bonds. The molecule has 1 aliphatic rings. The fraction of sp³-hybridized carbons (Fsp3) is 0.333. The molecule has 1 aliphatic heterocycles. The zero-order valence-corrected chi connectivity index (χ0v) is 18.3. The van der Waals surface area contributed by atoms with Gasteiger partial charge in [0.2, 0.25) is 0 Å². The number of carbonyl (C=O) groups is 2. The molecule has 0 aliphatic carbocycles. The summed E-state index contributed by atoms with van der Waals surface area (Å²) in [5, 5.41) is 20.0. The van der Waals surface area contributed by atoms with E-state index in [-0.39, 0.29) is 17.7 Å². The molecule has 2 aromatic heterocycles. The fourth-order valence-electron chi connectivity index (χ4n) is 4.08. The van der Waals surface area contributed by atoms with E-state index in [0.29, 0.717) is 35.6 Å². The Balaban J connectivity index is 1.78. The number of halogens is 2. The number of hydrogen-bond acceptors (Lipinski definition) is 6. The molecule has 1 aromatic carbocycles. The van der Waals surface area contributed by atoms with Gasteiger partial charge in [0.05, 0.1) is 27.6 Å². The van der Waals surface area contributed by atoms with Crippen LogP contribution in [0.25, 0.3) is 16.6 Å². The van der Waals surface area contributed by atoms with Gasteiger partial charge in [-0.05, 0) is 31.4 Å². The van der Waals surface area contributed by atoms with Crippen molar-refractivity contribution in [3.63, 3.8) is 0 Å². The average Bonchev–Trinajstić information content (AvgIpc) is 3.43. The molecule has 3 aromatic rings. The lowest BCUT2D eigenvalue weighted by atomic mass is 10.1. The van der Waals surface area contributed by atoms with Crippen molar-refractivity contribution in [3.05, 3.63) is 47.0 Å². The van der Waals surface area contributed by atoms with Crippen LogP contribution in [-0.2, 0) is 14.3 Å². The highest BCUT2D eigenvalue weighted by Crippen LogP contribution is 2.38. The maximum absolute atomic E-state index is 12.0. The number of nitrogens with zero attached hydrogens (tertiary/aromatic N) is 4. The Morgan fingerprint density at radius 3 is 2.72 bits per heavy atom. The predicted molar refractivity (Wildman–Crippen MR) is 119 cm³/mol. The minimum Gasteiger partial charge on any atom is -0.480 e. The Kier molecular flexibility index (Phi) is 6.50. The molecule has 32 heavy (non-hydrogen) atoms. The van der Waals surface area contributed by atoms with Gasteiger partial charge in [0.25, 0.3) is 0 Å². The standard InChI is InChI=1S/C21H20Cl2N4O5/c22-14-3-2-13-16(26-7-6-24-11-26)9-17(25-20(13)19(14)23)27-12(1-4-15(27)21(30)31)5-8-32-10-18(28)29/h2-3,6-7,9,11-12,15H,1,4-5,8,10H2,(H,28,29)(H,30,31). The van der Waals surface area contributed by atoms with Gasteiger partial charge in [0, 0.05) is 36.5 Å². The normalized spacial score (nSPS) is 18.4. The monoisotopic (exact) mass is 478 g/mol. The van der Waals surface area contributed by atoms with Crippen molar-refractivity contribution in [3.8, 4) is 5.69 Å². The molecule has 0 bridgehead atoms. The van der Waals surface area contributed by atoms with Gasteiger partial charge in [-0.15, -0.1) is 0 Å². The van der Waals surface area contributed by atoms with Gasteiger partial charge in [-0.2, -0.15) is 0 Å². The average molecular weight is 479 g/mol. The summed E-state index contributed by atoms with van der Waals surface area (Å²) in [5.74, 6) is -1.56. The van der Waals surface area contributed by atoms with Gasteiger partial charge < -0.3 is 24.4 Å². The first kappa shape index (κ1) is 22.3. The zero-order valence-electron chi connectivity index (χ0n) is 16.8. The quantitative estimate of drug-likeness (QED) is 0.471. The molecule has 9 nitrogen and oxygen atoms in total. The van der Waals surface area contributed by atoms with E-state index < -0.39 is 24.6 Å². The number of imidazole rings is 1. The Morgan fingerprint density at radius 1 is 1.22 bits per heavy atom. The summed E-state index contributed by atoms with van der Waals surface area (Å²) < 4.78 is 6.98. The van der Waals surface area contributed by atoms with Crippen LogP contribution in [0.4, 0.5) is 5.82 Å². The number of hydrogen-bond donors (Lipinski definition) is 2. The molecule has 3 heterocycles. The van der Waals surface area contributed by atoms with Crippen LogP contribution in [0.15, 0.2) is 36.9 Å². The lowest BCUT2D eigenvalue weighted by Crippen LogP contribution is -2.42. The second kappa shape index (κ2) is 9.32. The van der Waals surface area contributed by atoms with Crippen LogP contribution in [0.1, 0.15) is 19.3 Å². The van der Waals surface area contributed by atoms with Crippen LogP contribution < -0.4 is 4.90 Å². The SMILES string of the molecule is O=C(O)COCCC1CCC(C(=O)O)N1c1cc(-n2ccnc2)c2ccc(Cl)c(Cl)c2n1. The van der Waals surface area contributed by atoms with Gasteiger partial charge in [0.15, 0.2) is 0 Å². The number of pyridine rings is 1. The Morgan fingerprint density at radius 2 is 2.03 bits per heavy atom. The predicted octanol–water partition coefficient (Wildman–Crippen LogP) is 3.64. The van der Waals surface area contributed by atoms with Crippen molar-refractivity contribution < 1.29 is 24.5 Å². The van der Waals surface area contributed by atoms with Crippen molar-refractivity contribution in [2.75, 3.05) is 18.1 Å². The number of anilines is 1. The first-order valence-corrected chi connectivity index (χ1v) is 10.7. The van der Waals surface area contributed by atoms with Crippen LogP contribution in [0.2, 0.25) is 10.0 Å². The number of aromatic nitrogens is 3. The van der Waals surface area contributed by atoms with Crippen LogP contribution in [-0.4, -0.2) is 62.0 Å². The van der Waals surface area contributed by atoms with Gasteiger partial charge in [0.1, 0.15) is 18.5 Å². The Hall–Kier alpha value is -2.88. The first-order chi connectivity index (χ1) is 15.4. The van der Waals surface area contributed by atoms with Crippen molar-refractivity contribution in [2.45, 2.75) is 31.3 Å². The van der Waals surface area contributed by atoms with E-state index in [4.69, 9.17) is 38.0 Å². The van der Waals surface area contributed by atoms with E-state index in [0.717, 1.165) is 11.1 Å². The summed E-state index contributed by atoms with van der Waals surface area (Å²) >= 11 is 12.7. The molecule has 4 rings (SSSR count). The summed E-state index contributed by atoms with van der Waals surface area (Å²) in [6.07, 6.45) is 6.55. The highest BCUT2D eigenvalue weighted by atomic mass is 35.5. The van der Waals surface area contributed by atoms with Crippen LogP contribution in [0.3, 0.4) is 0 Å². The maximum atomic E-state index is 12.0. The summed E-state index contributed by atoms with van der Waals surface area (Å²) in [6.45, 7) is -0.212. The molecule has 2 unspecified atom stereocenters. The van der Waals surface area contributed by atoms with Crippen LogP contribution >= 0.6 is 23.2 Å². The van der Waals surface area contributed by atoms with Gasteiger partial charge in [-0.25, -0.2) is 19.6 Å². The number of fused-ring (bicyclic) bond motifs is 1. The number of carboxylic acids is 2. The summed E-state index contributed by atoms with van der Waals surface area (Å²) in [6, 6.07) is 4.33. The van der Waals surface area contributed by atoms with Crippen LogP contribution in [0.5, 0.6) is 0 Å².